The smallest absolute Gasteiger partial charge is 0.236 e. The SMILES string of the molecule is O=C(C[C@@H]1C[C@H]1Cc1ccccc1)Nc1nn2cnnc2s1. The number of anilines is 1. The number of carbonyl (C=O) groups excluding carboxylic acids is 1. The molecular formula is C15H15N5OS. The van der Waals surface area contributed by atoms with Crippen LogP contribution in [-0.2, 0) is 11.2 Å². The van der Waals surface area contributed by atoms with E-state index in [0.29, 0.717) is 28.3 Å². The third kappa shape index (κ3) is 2.85. The number of aromatic nitrogens is 4. The van der Waals surface area contributed by atoms with E-state index in [1.807, 2.05) is 6.07 Å². The molecule has 7 heteroatoms. The summed E-state index contributed by atoms with van der Waals surface area (Å²) in [6, 6.07) is 10.5. The molecule has 2 aromatic heterocycles. The van der Waals surface area contributed by atoms with Gasteiger partial charge in [-0.1, -0.05) is 41.7 Å². The number of nitrogens with one attached hydrogen (secondary N) is 1. The summed E-state index contributed by atoms with van der Waals surface area (Å²) in [5, 5.41) is 15.3. The maximum atomic E-state index is 12.1. The van der Waals surface area contributed by atoms with E-state index < -0.39 is 0 Å². The Labute approximate surface area is 131 Å². The zero-order valence-electron chi connectivity index (χ0n) is 11.8. The summed E-state index contributed by atoms with van der Waals surface area (Å²) in [5.41, 5.74) is 1.35. The molecule has 1 aromatic carbocycles. The van der Waals surface area contributed by atoms with Gasteiger partial charge in [0.1, 0.15) is 6.33 Å². The summed E-state index contributed by atoms with van der Waals surface area (Å²) >= 11 is 1.33. The van der Waals surface area contributed by atoms with Crippen LogP contribution in [0.1, 0.15) is 18.4 Å². The van der Waals surface area contributed by atoms with Gasteiger partial charge in [0.2, 0.25) is 16.0 Å². The monoisotopic (exact) mass is 313 g/mol. The predicted octanol–water partition coefficient (Wildman–Crippen LogP) is 2.39. The van der Waals surface area contributed by atoms with Crippen LogP contribution in [0, 0.1) is 11.8 Å². The Balaban J connectivity index is 1.29. The van der Waals surface area contributed by atoms with Crippen LogP contribution in [0.15, 0.2) is 36.7 Å². The molecule has 3 aromatic rings. The molecule has 1 fully saturated rings. The fraction of sp³-hybridized carbons (Fsp3) is 0.333. The lowest BCUT2D eigenvalue weighted by Crippen LogP contribution is -2.12. The molecule has 112 valence electrons. The maximum Gasteiger partial charge on any atom is 0.236 e. The first-order valence-electron chi connectivity index (χ1n) is 7.28. The van der Waals surface area contributed by atoms with E-state index in [-0.39, 0.29) is 5.91 Å². The van der Waals surface area contributed by atoms with Gasteiger partial charge in [0.15, 0.2) is 0 Å². The van der Waals surface area contributed by atoms with E-state index in [9.17, 15) is 4.79 Å². The molecule has 0 unspecified atom stereocenters. The molecule has 6 nitrogen and oxygen atoms in total. The minimum atomic E-state index is 0.0329. The van der Waals surface area contributed by atoms with Crippen LogP contribution in [0.2, 0.25) is 0 Å². The van der Waals surface area contributed by atoms with Crippen molar-refractivity contribution in [3.63, 3.8) is 0 Å². The molecule has 4 rings (SSSR count). The van der Waals surface area contributed by atoms with Gasteiger partial charge in [0.05, 0.1) is 0 Å². The lowest BCUT2D eigenvalue weighted by Gasteiger charge is -2.01. The summed E-state index contributed by atoms with van der Waals surface area (Å²) in [6.07, 6.45) is 4.29. The third-order valence-corrected chi connectivity index (χ3v) is 4.82. The van der Waals surface area contributed by atoms with Crippen molar-refractivity contribution in [3.8, 4) is 0 Å². The molecule has 22 heavy (non-hydrogen) atoms. The summed E-state index contributed by atoms with van der Waals surface area (Å²) in [7, 11) is 0. The van der Waals surface area contributed by atoms with E-state index in [1.54, 1.807) is 4.52 Å². The molecule has 2 atom stereocenters. The first-order chi connectivity index (χ1) is 10.8. The molecule has 0 aliphatic heterocycles. The summed E-state index contributed by atoms with van der Waals surface area (Å²) in [5.74, 6) is 1.16. The quantitative estimate of drug-likeness (QED) is 0.785. The summed E-state index contributed by atoms with van der Waals surface area (Å²) in [6.45, 7) is 0. The van der Waals surface area contributed by atoms with Crippen molar-refractivity contribution in [1.29, 1.82) is 0 Å². The minimum Gasteiger partial charge on any atom is -0.301 e. The lowest BCUT2D eigenvalue weighted by atomic mass is 10.1. The second-order valence-corrected chi connectivity index (χ2v) is 6.62. The van der Waals surface area contributed by atoms with Gasteiger partial charge in [-0.2, -0.15) is 4.52 Å². The Morgan fingerprint density at radius 1 is 1.32 bits per heavy atom. The largest absolute Gasteiger partial charge is 0.301 e. The molecule has 1 saturated carbocycles. The molecule has 2 heterocycles. The van der Waals surface area contributed by atoms with Crippen molar-refractivity contribution < 1.29 is 4.79 Å². The van der Waals surface area contributed by atoms with Crippen molar-refractivity contribution in [2.45, 2.75) is 19.3 Å². The average Bonchev–Trinajstić information content (AvgIpc) is 2.90. The fourth-order valence-electron chi connectivity index (χ4n) is 2.75. The van der Waals surface area contributed by atoms with Gasteiger partial charge in [0.25, 0.3) is 0 Å². The number of rotatable bonds is 5. The Kier molecular flexibility index (Phi) is 3.34. The Bertz CT molecular complexity index is 768. The molecule has 0 spiro atoms. The topological polar surface area (TPSA) is 72.2 Å². The second-order valence-electron chi connectivity index (χ2n) is 5.66. The highest BCUT2D eigenvalue weighted by atomic mass is 32.1. The minimum absolute atomic E-state index is 0.0329. The summed E-state index contributed by atoms with van der Waals surface area (Å²) in [4.78, 5) is 12.8. The van der Waals surface area contributed by atoms with Gasteiger partial charge >= 0.3 is 0 Å². The molecular weight excluding hydrogens is 298 g/mol. The van der Waals surface area contributed by atoms with E-state index in [1.165, 1.54) is 23.2 Å². The highest BCUT2D eigenvalue weighted by Gasteiger charge is 2.38. The normalized spacial score (nSPS) is 20.2. The van der Waals surface area contributed by atoms with Crippen LogP contribution in [0.3, 0.4) is 0 Å². The molecule has 0 bridgehead atoms. The molecule has 0 saturated heterocycles. The Morgan fingerprint density at radius 3 is 3.00 bits per heavy atom. The van der Waals surface area contributed by atoms with E-state index in [4.69, 9.17) is 0 Å². The first-order valence-corrected chi connectivity index (χ1v) is 8.10. The van der Waals surface area contributed by atoms with Gasteiger partial charge in [-0.3, -0.25) is 4.79 Å². The van der Waals surface area contributed by atoms with Gasteiger partial charge in [-0.15, -0.1) is 15.3 Å². The van der Waals surface area contributed by atoms with Crippen molar-refractivity contribution >= 4 is 27.3 Å². The number of carbonyl (C=O) groups is 1. The van der Waals surface area contributed by atoms with Crippen LogP contribution in [0.5, 0.6) is 0 Å². The first kappa shape index (κ1) is 13.4. The Hall–Kier alpha value is -2.28. The number of hydrogen-bond acceptors (Lipinski definition) is 5. The lowest BCUT2D eigenvalue weighted by molar-refractivity contribution is -0.116. The van der Waals surface area contributed by atoms with Crippen LogP contribution < -0.4 is 5.32 Å². The third-order valence-electron chi connectivity index (χ3n) is 3.99. The average molecular weight is 313 g/mol. The van der Waals surface area contributed by atoms with Crippen molar-refractivity contribution in [3.05, 3.63) is 42.2 Å². The molecule has 1 aliphatic carbocycles. The van der Waals surface area contributed by atoms with Gasteiger partial charge < -0.3 is 5.32 Å². The second kappa shape index (κ2) is 5.49. The number of nitrogens with zero attached hydrogens (tertiary/aromatic N) is 4. The van der Waals surface area contributed by atoms with Crippen LogP contribution in [-0.4, -0.2) is 25.7 Å². The molecule has 1 N–H and O–H groups in total. The standard InChI is InChI=1S/C15H15N5OS/c21-13(17-14-19-20-9-16-18-15(20)22-14)8-12-7-11(12)6-10-4-2-1-3-5-10/h1-5,9,11-12H,6-8H2,(H,17,19,21)/t11-,12+/m1/s1. The number of hydrogen-bond donors (Lipinski definition) is 1. The number of fused-ring (bicyclic) bond motifs is 1. The zero-order chi connectivity index (χ0) is 14.9. The van der Waals surface area contributed by atoms with E-state index in [2.05, 4.69) is 44.9 Å². The maximum absolute atomic E-state index is 12.1. The van der Waals surface area contributed by atoms with Crippen molar-refractivity contribution in [1.82, 2.24) is 19.8 Å². The van der Waals surface area contributed by atoms with Gasteiger partial charge in [-0.25, -0.2) is 0 Å². The fourth-order valence-corrected chi connectivity index (χ4v) is 3.48. The van der Waals surface area contributed by atoms with E-state index >= 15 is 0 Å². The van der Waals surface area contributed by atoms with Crippen LogP contribution in [0.4, 0.5) is 5.13 Å². The molecule has 0 radical (unpaired) electrons. The Morgan fingerprint density at radius 2 is 2.18 bits per heavy atom. The van der Waals surface area contributed by atoms with Gasteiger partial charge in [-0.05, 0) is 30.2 Å². The van der Waals surface area contributed by atoms with Crippen LogP contribution in [0.25, 0.3) is 4.96 Å². The zero-order valence-corrected chi connectivity index (χ0v) is 12.7. The van der Waals surface area contributed by atoms with Crippen molar-refractivity contribution in [2.75, 3.05) is 5.32 Å². The highest BCUT2D eigenvalue weighted by Crippen LogP contribution is 2.43. The van der Waals surface area contributed by atoms with Crippen molar-refractivity contribution in [2.24, 2.45) is 11.8 Å². The number of benzene rings is 1. The molecule has 1 amide bonds. The predicted molar refractivity (Wildman–Crippen MR) is 83.6 cm³/mol. The van der Waals surface area contributed by atoms with E-state index in [0.717, 1.165) is 12.8 Å². The van der Waals surface area contributed by atoms with Crippen LogP contribution >= 0.6 is 11.3 Å². The van der Waals surface area contributed by atoms with Gasteiger partial charge in [0, 0.05) is 6.42 Å². The number of amides is 1. The highest BCUT2D eigenvalue weighted by molar-refractivity contribution is 7.20. The molecule has 1 aliphatic rings. The summed E-state index contributed by atoms with van der Waals surface area (Å²) < 4.78 is 1.57.